The number of benzene rings is 8. The molecule has 0 aliphatic heterocycles. The second-order valence-electron chi connectivity index (χ2n) is 16.6. The number of hydrogen-bond donors (Lipinski definition) is 0. The fraction of sp³-hybridized carbons (Fsp3) is 0.132. The molecule has 0 bridgehead atoms. The van der Waals surface area contributed by atoms with Gasteiger partial charge in [0.15, 0.2) is 0 Å². The van der Waals surface area contributed by atoms with E-state index in [1.165, 1.54) is 81.0 Å². The first kappa shape index (κ1) is 33.6. The molecule has 0 radical (unpaired) electrons. The number of anilines is 3. The van der Waals surface area contributed by atoms with Gasteiger partial charge in [-0.1, -0.05) is 162 Å². The zero-order valence-electron chi connectivity index (χ0n) is 32.0. The minimum absolute atomic E-state index is 0.117. The van der Waals surface area contributed by atoms with Crippen LogP contribution in [0.3, 0.4) is 0 Å². The Morgan fingerprint density at radius 1 is 0.491 bits per heavy atom. The molecule has 0 amide bonds. The van der Waals surface area contributed by atoms with E-state index >= 15 is 0 Å². The molecule has 9 aromatic rings. The Labute approximate surface area is 328 Å². The second kappa shape index (κ2) is 12.5. The summed E-state index contributed by atoms with van der Waals surface area (Å²) < 4.78 is 2.62. The van der Waals surface area contributed by atoms with Gasteiger partial charge in [-0.3, -0.25) is 0 Å². The van der Waals surface area contributed by atoms with E-state index in [1.54, 1.807) is 0 Å². The van der Waals surface area contributed by atoms with Crippen LogP contribution >= 0.6 is 11.3 Å². The summed E-state index contributed by atoms with van der Waals surface area (Å²) in [5.74, 6) is 0. The van der Waals surface area contributed by atoms with Gasteiger partial charge < -0.3 is 4.90 Å². The monoisotopic (exact) mass is 725 g/mol. The predicted molar refractivity (Wildman–Crippen MR) is 239 cm³/mol. The third-order valence-electron chi connectivity index (χ3n) is 11.9. The van der Waals surface area contributed by atoms with E-state index in [0.717, 1.165) is 17.1 Å². The van der Waals surface area contributed by atoms with E-state index in [1.807, 2.05) is 11.3 Å². The van der Waals surface area contributed by atoms with E-state index in [9.17, 15) is 0 Å². The molecule has 8 aromatic carbocycles. The topological polar surface area (TPSA) is 3.24 Å². The highest BCUT2D eigenvalue weighted by Gasteiger charge is 2.36. The van der Waals surface area contributed by atoms with Gasteiger partial charge >= 0.3 is 0 Å². The van der Waals surface area contributed by atoms with Gasteiger partial charge in [0.05, 0.1) is 5.69 Å². The van der Waals surface area contributed by atoms with E-state index in [-0.39, 0.29) is 10.8 Å². The maximum atomic E-state index is 2.50. The molecule has 1 aromatic heterocycles. The van der Waals surface area contributed by atoms with Crippen LogP contribution in [-0.4, -0.2) is 0 Å². The van der Waals surface area contributed by atoms with Crippen molar-refractivity contribution in [2.45, 2.75) is 45.4 Å². The smallest absolute Gasteiger partial charge is 0.0546 e. The molecule has 0 atom stereocenters. The van der Waals surface area contributed by atoms with Crippen molar-refractivity contribution in [3.05, 3.63) is 187 Å². The predicted octanol–water partition coefficient (Wildman–Crippen LogP) is 15.6. The minimum Gasteiger partial charge on any atom is -0.310 e. The van der Waals surface area contributed by atoms with Crippen LogP contribution in [0.2, 0.25) is 0 Å². The molecule has 0 saturated carbocycles. The molecule has 10 rings (SSSR count). The van der Waals surface area contributed by atoms with Crippen molar-refractivity contribution in [2.75, 3.05) is 4.90 Å². The molecular weight excluding hydrogens is 683 g/mol. The van der Waals surface area contributed by atoms with Crippen LogP contribution in [0.5, 0.6) is 0 Å². The largest absolute Gasteiger partial charge is 0.310 e. The van der Waals surface area contributed by atoms with Gasteiger partial charge in [0.2, 0.25) is 0 Å². The highest BCUT2D eigenvalue weighted by molar-refractivity contribution is 7.25. The molecule has 0 spiro atoms. The molecule has 0 fully saturated rings. The van der Waals surface area contributed by atoms with Crippen LogP contribution in [0.1, 0.15) is 51.3 Å². The van der Waals surface area contributed by atoms with Crippen molar-refractivity contribution in [2.24, 2.45) is 0 Å². The Bertz CT molecular complexity index is 2920. The van der Waals surface area contributed by atoms with Crippen LogP contribution in [0.15, 0.2) is 170 Å². The number of thiophene rings is 1. The fourth-order valence-corrected chi connectivity index (χ4v) is 10.1. The molecule has 0 N–H and O–H groups in total. The number of rotatable bonds is 5. The SMILES string of the molecule is CC(C)(C)c1ccc(-c2ccc(N(c3ccc4c(c3)C(C)(C)c3ccccc3-4)c3ccc4ccccc4c3-c3cccc4sc5ccccc5c34)cc2)cc1. The highest BCUT2D eigenvalue weighted by Crippen LogP contribution is 2.53. The van der Waals surface area contributed by atoms with Crippen LogP contribution in [0.4, 0.5) is 17.1 Å². The zero-order chi connectivity index (χ0) is 37.5. The summed E-state index contributed by atoms with van der Waals surface area (Å²) in [6, 6.07) is 63.5. The van der Waals surface area contributed by atoms with Crippen LogP contribution in [-0.2, 0) is 10.8 Å². The van der Waals surface area contributed by atoms with E-state index < -0.39 is 0 Å². The average molecular weight is 726 g/mol. The first-order valence-electron chi connectivity index (χ1n) is 19.3. The standard InChI is InChI=1S/C53H43NS/c1-52(2,3)37-26-21-34(22-27-37)35-23-28-38(29-24-35)54(39-30-31-42-41-15-8-10-18-45(41)53(4,5)46(42)33-39)47-32-25-36-13-6-7-14-40(36)50(47)44-17-12-20-49-51(44)43-16-9-11-19-48(43)55-49/h6-33H,1-5H3. The molecule has 55 heavy (non-hydrogen) atoms. The van der Waals surface area contributed by atoms with Gasteiger partial charge in [0, 0.05) is 42.5 Å². The second-order valence-corrected chi connectivity index (χ2v) is 17.7. The maximum absolute atomic E-state index is 2.50. The lowest BCUT2D eigenvalue weighted by Gasteiger charge is -2.30. The Kier molecular flexibility index (Phi) is 7.67. The lowest BCUT2D eigenvalue weighted by Crippen LogP contribution is -2.17. The van der Waals surface area contributed by atoms with Gasteiger partial charge in [-0.2, -0.15) is 0 Å². The Morgan fingerprint density at radius 2 is 1.11 bits per heavy atom. The highest BCUT2D eigenvalue weighted by atomic mass is 32.1. The van der Waals surface area contributed by atoms with Gasteiger partial charge in [0.25, 0.3) is 0 Å². The van der Waals surface area contributed by atoms with Crippen molar-refractivity contribution in [1.29, 1.82) is 0 Å². The number of fused-ring (bicyclic) bond motifs is 7. The molecule has 1 heterocycles. The molecule has 266 valence electrons. The summed E-state index contributed by atoms with van der Waals surface area (Å²) in [5, 5.41) is 5.11. The summed E-state index contributed by atoms with van der Waals surface area (Å²) >= 11 is 1.88. The summed E-state index contributed by atoms with van der Waals surface area (Å²) in [6.45, 7) is 11.6. The first-order valence-corrected chi connectivity index (χ1v) is 20.2. The Balaban J connectivity index is 1.22. The third kappa shape index (κ3) is 5.42. The van der Waals surface area contributed by atoms with Crippen molar-refractivity contribution in [1.82, 2.24) is 0 Å². The van der Waals surface area contributed by atoms with E-state index in [0.29, 0.717) is 0 Å². The lowest BCUT2D eigenvalue weighted by atomic mass is 9.82. The quantitative estimate of drug-likeness (QED) is 0.171. The van der Waals surface area contributed by atoms with Gasteiger partial charge in [-0.25, -0.2) is 0 Å². The van der Waals surface area contributed by atoms with Crippen molar-refractivity contribution in [3.8, 4) is 33.4 Å². The maximum Gasteiger partial charge on any atom is 0.0546 e. The third-order valence-corrected chi connectivity index (χ3v) is 13.0. The number of nitrogens with zero attached hydrogens (tertiary/aromatic N) is 1. The lowest BCUT2D eigenvalue weighted by molar-refractivity contribution is 0.590. The molecule has 1 nitrogen and oxygen atoms in total. The van der Waals surface area contributed by atoms with Crippen molar-refractivity contribution in [3.63, 3.8) is 0 Å². The van der Waals surface area contributed by atoms with Crippen LogP contribution in [0.25, 0.3) is 64.3 Å². The van der Waals surface area contributed by atoms with Gasteiger partial charge in [0.1, 0.15) is 0 Å². The molecule has 0 unspecified atom stereocenters. The fourth-order valence-electron chi connectivity index (χ4n) is 8.94. The summed E-state index contributed by atoms with van der Waals surface area (Å²) in [5.41, 5.74) is 15.1. The number of hydrogen-bond acceptors (Lipinski definition) is 2. The molecular formula is C53H43NS. The van der Waals surface area contributed by atoms with Crippen molar-refractivity contribution < 1.29 is 0 Å². The van der Waals surface area contributed by atoms with E-state index in [2.05, 4.69) is 209 Å². The normalized spacial score (nSPS) is 13.3. The summed E-state index contributed by atoms with van der Waals surface area (Å²) in [6.07, 6.45) is 0. The Hall–Kier alpha value is -5.96. The van der Waals surface area contributed by atoms with Crippen molar-refractivity contribution >= 4 is 59.3 Å². The first-order chi connectivity index (χ1) is 26.7. The molecule has 1 aliphatic rings. The van der Waals surface area contributed by atoms with Gasteiger partial charge in [-0.15, -0.1) is 11.3 Å². The average Bonchev–Trinajstić information content (AvgIpc) is 3.70. The molecule has 1 aliphatic carbocycles. The summed E-state index contributed by atoms with van der Waals surface area (Å²) in [7, 11) is 0. The Morgan fingerprint density at radius 3 is 1.89 bits per heavy atom. The van der Waals surface area contributed by atoms with Gasteiger partial charge in [-0.05, 0) is 103 Å². The molecule has 2 heteroatoms. The molecule has 0 saturated heterocycles. The van der Waals surface area contributed by atoms with Crippen LogP contribution in [0, 0.1) is 0 Å². The van der Waals surface area contributed by atoms with Crippen LogP contribution < -0.4 is 4.90 Å². The zero-order valence-corrected chi connectivity index (χ0v) is 32.8. The minimum atomic E-state index is -0.121. The summed E-state index contributed by atoms with van der Waals surface area (Å²) in [4.78, 5) is 2.50. The van der Waals surface area contributed by atoms with E-state index in [4.69, 9.17) is 0 Å².